The molecular weight excluding hydrogens is 314 g/mol. The Bertz CT molecular complexity index is 606. The fraction of sp³-hybridized carbons (Fsp3) is 0.353. The summed E-state index contributed by atoms with van der Waals surface area (Å²) in [6.07, 6.45) is 5.76. The topological polar surface area (TPSA) is 43.1 Å². The van der Waals surface area contributed by atoms with Crippen LogP contribution >= 0.6 is 15.9 Å². The highest BCUT2D eigenvalue weighted by atomic mass is 79.9. The summed E-state index contributed by atoms with van der Waals surface area (Å²) in [5.74, 6) is 0.0352. The van der Waals surface area contributed by atoms with Crippen molar-refractivity contribution in [3.8, 4) is 0 Å². The van der Waals surface area contributed by atoms with Crippen molar-refractivity contribution in [3.63, 3.8) is 0 Å². The number of nitrogens with two attached hydrogens (primary N) is 1. The lowest BCUT2D eigenvalue weighted by Crippen LogP contribution is -2.14. The monoisotopic (exact) mass is 333 g/mol. The number of ketones is 1. The molecule has 1 aromatic rings. The van der Waals surface area contributed by atoms with Gasteiger partial charge in [0, 0.05) is 21.3 Å². The Balaban J connectivity index is 2.30. The van der Waals surface area contributed by atoms with E-state index in [0.717, 1.165) is 22.9 Å². The van der Waals surface area contributed by atoms with Gasteiger partial charge in [0.05, 0.1) is 0 Å². The molecule has 0 bridgehead atoms. The molecule has 20 heavy (non-hydrogen) atoms. The number of allylic oxidation sites excluding steroid dienone is 4. The highest BCUT2D eigenvalue weighted by molar-refractivity contribution is 9.10. The third kappa shape index (κ3) is 3.21. The van der Waals surface area contributed by atoms with Crippen molar-refractivity contribution in [2.75, 3.05) is 5.73 Å². The number of Topliss-reactive ketones (excluding diaryl/α,β-unsaturated/α-hetero) is 1. The van der Waals surface area contributed by atoms with Crippen molar-refractivity contribution < 1.29 is 4.79 Å². The Kier molecular flexibility index (Phi) is 4.19. The Hall–Kier alpha value is -1.35. The Morgan fingerprint density at radius 1 is 1.20 bits per heavy atom. The van der Waals surface area contributed by atoms with Gasteiger partial charge < -0.3 is 5.73 Å². The minimum Gasteiger partial charge on any atom is -0.398 e. The molecule has 0 radical (unpaired) electrons. The molecule has 1 aliphatic carbocycles. The number of carbonyl (C=O) groups excluding carboxylic acids is 1. The van der Waals surface area contributed by atoms with Gasteiger partial charge in [0.2, 0.25) is 0 Å². The molecule has 1 aliphatic rings. The van der Waals surface area contributed by atoms with Gasteiger partial charge in [-0.25, -0.2) is 0 Å². The van der Waals surface area contributed by atoms with Gasteiger partial charge in [0.1, 0.15) is 0 Å². The van der Waals surface area contributed by atoms with E-state index in [9.17, 15) is 4.79 Å². The van der Waals surface area contributed by atoms with Crippen LogP contribution in [0.2, 0.25) is 0 Å². The molecule has 2 N–H and O–H groups in total. The van der Waals surface area contributed by atoms with Crippen molar-refractivity contribution in [1.82, 2.24) is 0 Å². The Labute approximate surface area is 128 Å². The number of hydrogen-bond donors (Lipinski definition) is 1. The second-order valence-electron chi connectivity index (χ2n) is 6.19. The molecule has 3 heteroatoms. The van der Waals surface area contributed by atoms with Crippen LogP contribution in [0.5, 0.6) is 0 Å². The van der Waals surface area contributed by atoms with Crippen LogP contribution < -0.4 is 5.73 Å². The second kappa shape index (κ2) is 5.57. The molecule has 2 rings (SSSR count). The summed E-state index contributed by atoms with van der Waals surface area (Å²) in [7, 11) is 0. The first-order valence-corrected chi connectivity index (χ1v) is 7.58. The smallest absolute Gasteiger partial charge is 0.191 e. The molecule has 0 unspecified atom stereocenters. The van der Waals surface area contributed by atoms with E-state index in [1.165, 1.54) is 5.57 Å². The van der Waals surface area contributed by atoms with E-state index in [-0.39, 0.29) is 11.2 Å². The number of anilines is 1. The SMILES string of the molecule is CC(C)(C)C1=CC=C(C(=O)c2cc(Br)ccc2N)CC1. The number of halogens is 1. The van der Waals surface area contributed by atoms with Crippen molar-refractivity contribution in [2.24, 2.45) is 5.41 Å². The lowest BCUT2D eigenvalue weighted by Gasteiger charge is -2.25. The van der Waals surface area contributed by atoms with E-state index >= 15 is 0 Å². The highest BCUT2D eigenvalue weighted by Gasteiger charge is 2.22. The fourth-order valence-corrected chi connectivity index (χ4v) is 2.71. The van der Waals surface area contributed by atoms with Gasteiger partial charge in [0.25, 0.3) is 0 Å². The quantitative estimate of drug-likeness (QED) is 0.617. The molecule has 0 spiro atoms. The first kappa shape index (κ1) is 15.0. The van der Waals surface area contributed by atoms with Crippen molar-refractivity contribution in [2.45, 2.75) is 33.6 Å². The molecular formula is C17H20BrNO. The van der Waals surface area contributed by atoms with Gasteiger partial charge in [0.15, 0.2) is 5.78 Å². The van der Waals surface area contributed by atoms with Crippen LogP contribution in [0.1, 0.15) is 44.0 Å². The summed E-state index contributed by atoms with van der Waals surface area (Å²) in [5.41, 5.74) is 9.41. The van der Waals surface area contributed by atoms with Gasteiger partial charge in [-0.1, -0.05) is 54.4 Å². The summed E-state index contributed by atoms with van der Waals surface area (Å²) in [4.78, 5) is 12.5. The van der Waals surface area contributed by atoms with Gasteiger partial charge >= 0.3 is 0 Å². The number of carbonyl (C=O) groups is 1. The molecule has 0 saturated carbocycles. The van der Waals surface area contributed by atoms with Gasteiger partial charge in [-0.15, -0.1) is 0 Å². The summed E-state index contributed by atoms with van der Waals surface area (Å²) in [6.45, 7) is 6.60. The third-order valence-electron chi connectivity index (χ3n) is 3.66. The van der Waals surface area contributed by atoms with Crippen LogP contribution in [0.25, 0.3) is 0 Å². The van der Waals surface area contributed by atoms with Crippen molar-refractivity contribution in [1.29, 1.82) is 0 Å². The molecule has 1 aromatic carbocycles. The molecule has 0 heterocycles. The Morgan fingerprint density at radius 2 is 1.90 bits per heavy atom. The van der Waals surface area contributed by atoms with Crippen LogP contribution in [-0.2, 0) is 0 Å². The molecule has 106 valence electrons. The average molecular weight is 334 g/mol. The third-order valence-corrected chi connectivity index (χ3v) is 4.16. The summed E-state index contributed by atoms with van der Waals surface area (Å²) in [5, 5.41) is 0. The lowest BCUT2D eigenvalue weighted by molar-refractivity contribution is 0.103. The van der Waals surface area contributed by atoms with Gasteiger partial charge in [-0.3, -0.25) is 4.79 Å². The van der Waals surface area contributed by atoms with Gasteiger partial charge in [-0.2, -0.15) is 0 Å². The van der Waals surface area contributed by atoms with E-state index in [1.54, 1.807) is 12.1 Å². The number of rotatable bonds is 2. The molecule has 0 aliphatic heterocycles. The maximum absolute atomic E-state index is 12.5. The largest absolute Gasteiger partial charge is 0.398 e. The summed E-state index contributed by atoms with van der Waals surface area (Å²) >= 11 is 3.39. The average Bonchev–Trinajstić information content (AvgIpc) is 2.40. The van der Waals surface area contributed by atoms with Crippen LogP contribution in [0.15, 0.2) is 46.0 Å². The maximum Gasteiger partial charge on any atom is 0.191 e. The summed E-state index contributed by atoms with van der Waals surface area (Å²) < 4.78 is 0.873. The van der Waals surface area contributed by atoms with E-state index in [0.29, 0.717) is 11.3 Å². The molecule has 2 nitrogen and oxygen atoms in total. The lowest BCUT2D eigenvalue weighted by atomic mass is 9.79. The highest BCUT2D eigenvalue weighted by Crippen LogP contribution is 2.34. The van der Waals surface area contributed by atoms with E-state index in [2.05, 4.69) is 42.8 Å². The maximum atomic E-state index is 12.5. The fourth-order valence-electron chi connectivity index (χ4n) is 2.35. The minimum absolute atomic E-state index is 0.0352. The van der Waals surface area contributed by atoms with E-state index < -0.39 is 0 Å². The zero-order valence-electron chi connectivity index (χ0n) is 12.2. The minimum atomic E-state index is 0.0352. The first-order chi connectivity index (χ1) is 9.29. The first-order valence-electron chi connectivity index (χ1n) is 6.79. The molecule has 0 atom stereocenters. The predicted octanol–water partition coefficient (Wildman–Crippen LogP) is 4.91. The standard InChI is InChI=1S/C17H20BrNO/c1-17(2,3)12-6-4-11(5-7-12)16(20)14-10-13(18)8-9-15(14)19/h4,6,8-10H,5,7,19H2,1-3H3. The second-order valence-corrected chi connectivity index (χ2v) is 7.11. The molecule has 0 amide bonds. The zero-order chi connectivity index (χ0) is 14.9. The van der Waals surface area contributed by atoms with Crippen molar-refractivity contribution in [3.05, 3.63) is 51.5 Å². The van der Waals surface area contributed by atoms with E-state index in [4.69, 9.17) is 5.73 Å². The predicted molar refractivity (Wildman–Crippen MR) is 87.7 cm³/mol. The normalized spacial score (nSPS) is 15.6. The summed E-state index contributed by atoms with van der Waals surface area (Å²) in [6, 6.07) is 5.40. The number of benzene rings is 1. The van der Waals surface area contributed by atoms with Crippen LogP contribution in [0, 0.1) is 5.41 Å². The zero-order valence-corrected chi connectivity index (χ0v) is 13.8. The number of nitrogen functional groups attached to an aromatic ring is 1. The van der Waals surface area contributed by atoms with Crippen molar-refractivity contribution >= 4 is 27.4 Å². The van der Waals surface area contributed by atoms with Gasteiger partial charge in [-0.05, 0) is 36.5 Å². The van der Waals surface area contributed by atoms with E-state index in [1.807, 2.05) is 12.1 Å². The molecule has 0 saturated heterocycles. The number of hydrogen-bond acceptors (Lipinski definition) is 2. The van der Waals surface area contributed by atoms with Crippen LogP contribution in [0.3, 0.4) is 0 Å². The Morgan fingerprint density at radius 3 is 2.45 bits per heavy atom. The van der Waals surface area contributed by atoms with Crippen LogP contribution in [0.4, 0.5) is 5.69 Å². The molecule has 0 fully saturated rings. The van der Waals surface area contributed by atoms with Crippen LogP contribution in [-0.4, -0.2) is 5.78 Å². The molecule has 0 aromatic heterocycles.